The van der Waals surface area contributed by atoms with Crippen molar-refractivity contribution >= 4 is 11.6 Å². The molecule has 0 bridgehead atoms. The van der Waals surface area contributed by atoms with E-state index in [1.165, 1.54) is 0 Å². The molecule has 2 N–H and O–H groups in total. The normalized spacial score (nSPS) is 13.7. The summed E-state index contributed by atoms with van der Waals surface area (Å²) in [7, 11) is 3.75. The summed E-state index contributed by atoms with van der Waals surface area (Å²) in [5, 5.41) is 0.702. The lowest BCUT2D eigenvalue weighted by molar-refractivity contribution is 0.0990. The molecule has 0 spiro atoms. The van der Waals surface area contributed by atoms with Gasteiger partial charge in [0.25, 0.3) is 0 Å². The van der Waals surface area contributed by atoms with E-state index in [4.69, 9.17) is 22.1 Å². The lowest BCUT2D eigenvalue weighted by Gasteiger charge is -2.41. The summed E-state index contributed by atoms with van der Waals surface area (Å²) >= 11 is 6.36. The Bertz CT molecular complexity index is 421. The van der Waals surface area contributed by atoms with E-state index in [1.807, 2.05) is 18.2 Å². The van der Waals surface area contributed by atoms with Gasteiger partial charge < -0.3 is 10.5 Å². The number of methoxy groups -OCH3 is 1. The van der Waals surface area contributed by atoms with Crippen molar-refractivity contribution < 1.29 is 4.74 Å². The highest BCUT2D eigenvalue weighted by Crippen LogP contribution is 2.37. The average molecular weight is 285 g/mol. The van der Waals surface area contributed by atoms with Gasteiger partial charge >= 0.3 is 0 Å². The fourth-order valence-electron chi connectivity index (χ4n) is 2.16. The minimum atomic E-state index is 0.0404. The molecule has 0 fully saturated rings. The predicted octanol–water partition coefficient (Wildman–Crippen LogP) is 3.47. The molecule has 0 aromatic heterocycles. The Labute approximate surface area is 121 Å². The highest BCUT2D eigenvalue weighted by molar-refractivity contribution is 6.31. The van der Waals surface area contributed by atoms with Crippen LogP contribution >= 0.6 is 11.6 Å². The smallest absolute Gasteiger partial charge is 0.125 e. The molecule has 0 aliphatic carbocycles. The van der Waals surface area contributed by atoms with Crippen molar-refractivity contribution in [3.05, 3.63) is 28.8 Å². The molecule has 1 atom stereocenters. The fourth-order valence-corrected chi connectivity index (χ4v) is 2.45. The van der Waals surface area contributed by atoms with Gasteiger partial charge in [0.15, 0.2) is 0 Å². The molecule has 0 saturated carbocycles. The highest BCUT2D eigenvalue weighted by Gasteiger charge is 2.31. The first kappa shape index (κ1) is 16.3. The van der Waals surface area contributed by atoms with Gasteiger partial charge in [-0.25, -0.2) is 0 Å². The zero-order valence-electron chi connectivity index (χ0n) is 12.5. The number of rotatable bonds is 6. The summed E-state index contributed by atoms with van der Waals surface area (Å²) in [6, 6.07) is 5.74. The van der Waals surface area contributed by atoms with E-state index in [0.717, 1.165) is 17.7 Å². The summed E-state index contributed by atoms with van der Waals surface area (Å²) in [5.74, 6) is 0.793. The number of hydrogen-bond donors (Lipinski definition) is 1. The first-order valence-corrected chi connectivity index (χ1v) is 7.02. The van der Waals surface area contributed by atoms with Crippen LogP contribution in [0.25, 0.3) is 0 Å². The Hall–Kier alpha value is -0.770. The molecule has 1 rings (SSSR count). The largest absolute Gasteiger partial charge is 0.496 e. The van der Waals surface area contributed by atoms with Crippen LogP contribution in [0.3, 0.4) is 0 Å². The Morgan fingerprint density at radius 3 is 2.53 bits per heavy atom. The standard InChI is InChI=1S/C15H25ClN2O/c1-6-15(2,3)18(4)12(10-17)14-11(16)8-7-9-13(14)19-5/h7-9,12H,6,10,17H2,1-5H3. The van der Waals surface area contributed by atoms with Crippen LogP contribution in [0, 0.1) is 0 Å². The van der Waals surface area contributed by atoms with Crippen LogP contribution in [0.1, 0.15) is 38.8 Å². The minimum absolute atomic E-state index is 0.0404. The predicted molar refractivity (Wildman–Crippen MR) is 81.9 cm³/mol. The van der Waals surface area contributed by atoms with Crippen molar-refractivity contribution in [1.82, 2.24) is 4.90 Å². The lowest BCUT2D eigenvalue weighted by atomic mass is 9.94. The molecule has 0 aliphatic rings. The summed E-state index contributed by atoms with van der Waals surface area (Å²) in [6.07, 6.45) is 1.03. The highest BCUT2D eigenvalue weighted by atomic mass is 35.5. The van der Waals surface area contributed by atoms with Crippen molar-refractivity contribution in [3.63, 3.8) is 0 Å². The number of hydrogen-bond acceptors (Lipinski definition) is 3. The Morgan fingerprint density at radius 2 is 2.05 bits per heavy atom. The third-order valence-electron chi connectivity index (χ3n) is 4.08. The van der Waals surface area contributed by atoms with E-state index in [1.54, 1.807) is 7.11 Å². The molecule has 4 heteroatoms. The van der Waals surface area contributed by atoms with E-state index < -0.39 is 0 Å². The lowest BCUT2D eigenvalue weighted by Crippen LogP contribution is -2.45. The van der Waals surface area contributed by atoms with Gasteiger partial charge in [0.1, 0.15) is 5.75 Å². The molecule has 0 saturated heterocycles. The molecule has 1 aromatic carbocycles. The van der Waals surface area contributed by atoms with E-state index >= 15 is 0 Å². The van der Waals surface area contributed by atoms with E-state index in [0.29, 0.717) is 11.6 Å². The maximum atomic E-state index is 6.36. The number of ether oxygens (including phenoxy) is 1. The zero-order chi connectivity index (χ0) is 14.6. The summed E-state index contributed by atoms with van der Waals surface area (Å²) < 4.78 is 5.44. The van der Waals surface area contributed by atoms with Crippen molar-refractivity contribution in [1.29, 1.82) is 0 Å². The van der Waals surface area contributed by atoms with Crippen LogP contribution in [0.2, 0.25) is 5.02 Å². The molecule has 1 unspecified atom stereocenters. The fraction of sp³-hybridized carbons (Fsp3) is 0.600. The minimum Gasteiger partial charge on any atom is -0.496 e. The van der Waals surface area contributed by atoms with E-state index in [9.17, 15) is 0 Å². The molecule has 0 aliphatic heterocycles. The van der Waals surface area contributed by atoms with Gasteiger partial charge in [-0.2, -0.15) is 0 Å². The van der Waals surface area contributed by atoms with Crippen LogP contribution < -0.4 is 10.5 Å². The summed E-state index contributed by atoms with van der Waals surface area (Å²) in [4.78, 5) is 2.27. The van der Waals surface area contributed by atoms with Gasteiger partial charge in [0, 0.05) is 22.7 Å². The van der Waals surface area contributed by atoms with Crippen molar-refractivity contribution in [2.45, 2.75) is 38.8 Å². The molecular weight excluding hydrogens is 260 g/mol. The first-order chi connectivity index (χ1) is 8.88. The van der Waals surface area contributed by atoms with Crippen molar-refractivity contribution in [2.75, 3.05) is 20.7 Å². The number of likely N-dealkylation sites (N-methyl/N-ethyl adjacent to an activating group) is 1. The molecule has 0 radical (unpaired) electrons. The second-order valence-electron chi connectivity index (χ2n) is 5.38. The van der Waals surface area contributed by atoms with Gasteiger partial charge in [0.2, 0.25) is 0 Å². The first-order valence-electron chi connectivity index (χ1n) is 6.64. The number of nitrogens with zero attached hydrogens (tertiary/aromatic N) is 1. The van der Waals surface area contributed by atoms with E-state index in [-0.39, 0.29) is 11.6 Å². The van der Waals surface area contributed by atoms with Gasteiger partial charge in [0.05, 0.1) is 13.2 Å². The summed E-state index contributed by atoms with van der Waals surface area (Å²) in [6.45, 7) is 7.09. The molecule has 0 heterocycles. The maximum Gasteiger partial charge on any atom is 0.125 e. The molecule has 3 nitrogen and oxygen atoms in total. The maximum absolute atomic E-state index is 6.36. The number of halogens is 1. The van der Waals surface area contributed by atoms with Crippen LogP contribution in [0.4, 0.5) is 0 Å². The quantitative estimate of drug-likeness (QED) is 0.869. The molecular formula is C15H25ClN2O. The van der Waals surface area contributed by atoms with Gasteiger partial charge in [-0.3, -0.25) is 4.90 Å². The third-order valence-corrected chi connectivity index (χ3v) is 4.41. The Balaban J connectivity index is 3.24. The Morgan fingerprint density at radius 1 is 1.42 bits per heavy atom. The van der Waals surface area contributed by atoms with Gasteiger partial charge in [-0.15, -0.1) is 0 Å². The van der Waals surface area contributed by atoms with Crippen molar-refractivity contribution in [2.24, 2.45) is 5.73 Å². The Kier molecular flexibility index (Phi) is 5.65. The van der Waals surface area contributed by atoms with E-state index in [2.05, 4.69) is 32.7 Å². The zero-order valence-corrected chi connectivity index (χ0v) is 13.3. The van der Waals surface area contributed by atoms with Gasteiger partial charge in [-0.1, -0.05) is 24.6 Å². The third kappa shape index (κ3) is 3.41. The van der Waals surface area contributed by atoms with Crippen molar-refractivity contribution in [3.8, 4) is 5.75 Å². The van der Waals surface area contributed by atoms with Crippen LogP contribution in [-0.4, -0.2) is 31.1 Å². The SMILES string of the molecule is CCC(C)(C)N(C)C(CN)c1c(Cl)cccc1OC. The topological polar surface area (TPSA) is 38.5 Å². The molecule has 1 aromatic rings. The van der Waals surface area contributed by atoms with Gasteiger partial charge in [-0.05, 0) is 39.4 Å². The molecule has 108 valence electrons. The second-order valence-corrected chi connectivity index (χ2v) is 5.79. The second kappa shape index (κ2) is 6.60. The number of benzene rings is 1. The number of nitrogens with two attached hydrogens (primary N) is 1. The summed E-state index contributed by atoms with van der Waals surface area (Å²) in [5.41, 5.74) is 7.01. The van der Waals surface area contributed by atoms with Crippen LogP contribution in [0.15, 0.2) is 18.2 Å². The molecule has 19 heavy (non-hydrogen) atoms. The van der Waals surface area contributed by atoms with Crippen LogP contribution in [-0.2, 0) is 0 Å². The molecule has 0 amide bonds. The monoisotopic (exact) mass is 284 g/mol. The average Bonchev–Trinajstić information content (AvgIpc) is 2.40. The van der Waals surface area contributed by atoms with Crippen LogP contribution in [0.5, 0.6) is 5.75 Å².